The van der Waals surface area contributed by atoms with Crippen molar-refractivity contribution >= 4 is 40.8 Å². The van der Waals surface area contributed by atoms with Crippen LogP contribution < -0.4 is 10.6 Å². The van der Waals surface area contributed by atoms with E-state index in [1.165, 1.54) is 6.07 Å². The number of rotatable bonds is 5. The van der Waals surface area contributed by atoms with Gasteiger partial charge in [-0.1, -0.05) is 44.5 Å². The first-order valence-corrected chi connectivity index (χ1v) is 9.09. The summed E-state index contributed by atoms with van der Waals surface area (Å²) in [4.78, 5) is 36.3. The first-order chi connectivity index (χ1) is 13.1. The van der Waals surface area contributed by atoms with Crippen molar-refractivity contribution in [2.24, 2.45) is 5.41 Å². The summed E-state index contributed by atoms with van der Waals surface area (Å²) in [5.74, 6) is -1.35. The van der Waals surface area contributed by atoms with E-state index < -0.39 is 23.9 Å². The normalized spacial score (nSPS) is 10.9. The van der Waals surface area contributed by atoms with Crippen molar-refractivity contribution in [3.8, 4) is 0 Å². The van der Waals surface area contributed by atoms with Gasteiger partial charge in [-0.2, -0.15) is 0 Å². The molecule has 0 aliphatic heterocycles. The average molecular weight is 403 g/mol. The maximum Gasteiger partial charge on any atom is 0.338 e. The van der Waals surface area contributed by atoms with Gasteiger partial charge in [0.25, 0.3) is 5.91 Å². The molecule has 2 amide bonds. The Bertz CT molecular complexity index is 904. The Morgan fingerprint density at radius 3 is 2.39 bits per heavy atom. The van der Waals surface area contributed by atoms with E-state index in [1.54, 1.807) is 51.1 Å². The summed E-state index contributed by atoms with van der Waals surface area (Å²) >= 11 is 6.07. The van der Waals surface area contributed by atoms with Gasteiger partial charge in [0.1, 0.15) is 0 Å². The van der Waals surface area contributed by atoms with E-state index in [9.17, 15) is 14.4 Å². The molecule has 0 aliphatic carbocycles. The van der Waals surface area contributed by atoms with Crippen molar-refractivity contribution in [2.45, 2.75) is 27.7 Å². The van der Waals surface area contributed by atoms with E-state index in [2.05, 4.69) is 10.6 Å². The summed E-state index contributed by atoms with van der Waals surface area (Å²) in [6.07, 6.45) is 0. The van der Waals surface area contributed by atoms with E-state index in [0.717, 1.165) is 5.56 Å². The second kappa shape index (κ2) is 8.89. The van der Waals surface area contributed by atoms with Crippen molar-refractivity contribution in [1.82, 2.24) is 0 Å². The number of esters is 1. The van der Waals surface area contributed by atoms with Crippen LogP contribution >= 0.6 is 11.6 Å². The van der Waals surface area contributed by atoms with E-state index in [1.807, 2.05) is 13.0 Å². The van der Waals surface area contributed by atoms with Crippen LogP contribution in [-0.4, -0.2) is 24.4 Å². The minimum absolute atomic E-state index is 0.174. The summed E-state index contributed by atoms with van der Waals surface area (Å²) in [5.41, 5.74) is 1.55. The van der Waals surface area contributed by atoms with Gasteiger partial charge in [0, 0.05) is 11.1 Å². The largest absolute Gasteiger partial charge is 0.452 e. The Hall–Kier alpha value is -2.86. The van der Waals surface area contributed by atoms with E-state index in [4.69, 9.17) is 16.3 Å². The van der Waals surface area contributed by atoms with Gasteiger partial charge in [0.2, 0.25) is 5.91 Å². The third kappa shape index (κ3) is 6.09. The standard InChI is InChI=1S/C21H23ClN2O4/c1-13-8-9-17(16(22)10-13)24-18(25)12-28-19(26)14-6-5-7-15(11-14)23-20(27)21(2,3)4/h5-11H,12H2,1-4H3,(H,23,27)(H,24,25). The fraction of sp³-hybridized carbons (Fsp3) is 0.286. The number of ether oxygens (including phenoxy) is 1. The van der Waals surface area contributed by atoms with Crippen LogP contribution in [0.25, 0.3) is 0 Å². The molecule has 0 spiro atoms. The van der Waals surface area contributed by atoms with Crippen molar-refractivity contribution in [1.29, 1.82) is 0 Å². The lowest BCUT2D eigenvalue weighted by molar-refractivity contribution is -0.123. The molecule has 0 saturated carbocycles. The number of benzene rings is 2. The molecule has 148 valence electrons. The topological polar surface area (TPSA) is 84.5 Å². The SMILES string of the molecule is Cc1ccc(NC(=O)COC(=O)c2cccc(NC(=O)C(C)(C)C)c2)c(Cl)c1. The number of hydrogen-bond donors (Lipinski definition) is 2. The molecule has 0 heterocycles. The van der Waals surface area contributed by atoms with E-state index in [-0.39, 0.29) is 11.5 Å². The maximum absolute atomic E-state index is 12.2. The Balaban J connectivity index is 1.94. The first-order valence-electron chi connectivity index (χ1n) is 8.71. The van der Waals surface area contributed by atoms with E-state index >= 15 is 0 Å². The summed E-state index contributed by atoms with van der Waals surface area (Å²) in [6, 6.07) is 11.6. The van der Waals surface area contributed by atoms with Gasteiger partial charge >= 0.3 is 5.97 Å². The zero-order valence-electron chi connectivity index (χ0n) is 16.3. The van der Waals surface area contributed by atoms with Crippen molar-refractivity contribution in [3.05, 3.63) is 58.6 Å². The molecule has 6 nitrogen and oxygen atoms in total. The van der Waals surface area contributed by atoms with Crippen LogP contribution in [0.4, 0.5) is 11.4 Å². The zero-order chi connectivity index (χ0) is 20.9. The molecule has 0 radical (unpaired) electrons. The van der Waals surface area contributed by atoms with Gasteiger partial charge < -0.3 is 15.4 Å². The number of carbonyl (C=O) groups excluding carboxylic acids is 3. The fourth-order valence-electron chi connectivity index (χ4n) is 2.16. The highest BCUT2D eigenvalue weighted by Gasteiger charge is 2.21. The average Bonchev–Trinajstić information content (AvgIpc) is 2.61. The number of nitrogens with one attached hydrogen (secondary N) is 2. The van der Waals surface area contributed by atoms with Crippen LogP contribution in [-0.2, 0) is 14.3 Å². The highest BCUT2D eigenvalue weighted by atomic mass is 35.5. The summed E-state index contributed by atoms with van der Waals surface area (Å²) in [5, 5.41) is 5.74. The van der Waals surface area contributed by atoms with Crippen LogP contribution in [0, 0.1) is 12.3 Å². The second-order valence-electron chi connectivity index (χ2n) is 7.39. The first kappa shape index (κ1) is 21.4. The number of carbonyl (C=O) groups is 3. The number of aryl methyl sites for hydroxylation is 1. The highest BCUT2D eigenvalue weighted by Crippen LogP contribution is 2.22. The lowest BCUT2D eigenvalue weighted by Gasteiger charge is -2.17. The molecule has 2 N–H and O–H groups in total. The molecule has 0 atom stereocenters. The van der Waals surface area contributed by atoms with Crippen molar-refractivity contribution in [3.63, 3.8) is 0 Å². The van der Waals surface area contributed by atoms with Gasteiger partial charge in [-0.15, -0.1) is 0 Å². The number of amides is 2. The zero-order valence-corrected chi connectivity index (χ0v) is 17.0. The summed E-state index contributed by atoms with van der Waals surface area (Å²) in [7, 11) is 0. The Morgan fingerprint density at radius 1 is 1.04 bits per heavy atom. The van der Waals surface area contributed by atoms with Gasteiger partial charge in [0.15, 0.2) is 6.61 Å². The number of hydrogen-bond acceptors (Lipinski definition) is 4. The lowest BCUT2D eigenvalue weighted by atomic mass is 9.95. The molecule has 2 aromatic rings. The minimum atomic E-state index is -0.669. The minimum Gasteiger partial charge on any atom is -0.452 e. The van der Waals surface area contributed by atoms with Crippen molar-refractivity contribution < 1.29 is 19.1 Å². The quantitative estimate of drug-likeness (QED) is 0.724. The van der Waals surface area contributed by atoms with Crippen molar-refractivity contribution in [2.75, 3.05) is 17.2 Å². The smallest absolute Gasteiger partial charge is 0.338 e. The molecule has 0 unspecified atom stereocenters. The molecule has 28 heavy (non-hydrogen) atoms. The lowest BCUT2D eigenvalue weighted by Crippen LogP contribution is -2.27. The van der Waals surface area contributed by atoms with Crippen LogP contribution in [0.3, 0.4) is 0 Å². The highest BCUT2D eigenvalue weighted by molar-refractivity contribution is 6.33. The third-order valence-corrected chi connectivity index (χ3v) is 4.08. The van der Waals surface area contributed by atoms with Gasteiger partial charge in [0.05, 0.1) is 16.3 Å². The van der Waals surface area contributed by atoms with Crippen LogP contribution in [0.15, 0.2) is 42.5 Å². The molecular weight excluding hydrogens is 380 g/mol. The van der Waals surface area contributed by atoms with E-state index in [0.29, 0.717) is 16.4 Å². The molecule has 0 saturated heterocycles. The molecule has 0 aliphatic rings. The van der Waals surface area contributed by atoms with Crippen LogP contribution in [0.2, 0.25) is 5.02 Å². The summed E-state index contributed by atoms with van der Waals surface area (Å²) in [6.45, 7) is 6.80. The molecule has 0 bridgehead atoms. The Kier molecular flexibility index (Phi) is 6.80. The molecule has 7 heteroatoms. The second-order valence-corrected chi connectivity index (χ2v) is 7.80. The number of halogens is 1. The van der Waals surface area contributed by atoms with Crippen LogP contribution in [0.1, 0.15) is 36.7 Å². The molecule has 2 aromatic carbocycles. The van der Waals surface area contributed by atoms with Gasteiger partial charge in [-0.3, -0.25) is 9.59 Å². The third-order valence-electron chi connectivity index (χ3n) is 3.77. The monoisotopic (exact) mass is 402 g/mol. The molecule has 2 rings (SSSR count). The molecular formula is C21H23ClN2O4. The fourth-order valence-corrected chi connectivity index (χ4v) is 2.45. The maximum atomic E-state index is 12.2. The van der Waals surface area contributed by atoms with Gasteiger partial charge in [-0.05, 0) is 42.8 Å². The predicted octanol–water partition coefficient (Wildman–Crippen LogP) is 4.43. The summed E-state index contributed by atoms with van der Waals surface area (Å²) < 4.78 is 5.05. The number of anilines is 2. The van der Waals surface area contributed by atoms with Gasteiger partial charge in [-0.25, -0.2) is 4.79 Å². The predicted molar refractivity (Wildman–Crippen MR) is 110 cm³/mol. The van der Waals surface area contributed by atoms with Crippen LogP contribution in [0.5, 0.6) is 0 Å². The molecule has 0 aromatic heterocycles. The molecule has 0 fully saturated rings. The Morgan fingerprint density at radius 2 is 1.75 bits per heavy atom. The Labute approximate surface area is 169 Å².